The van der Waals surface area contributed by atoms with Crippen LogP contribution in [0, 0.1) is 0 Å². The molecule has 0 aromatic heterocycles. The van der Waals surface area contributed by atoms with Crippen molar-refractivity contribution in [2.45, 2.75) is 219 Å². The van der Waals surface area contributed by atoms with Crippen LogP contribution >= 0.6 is 0 Å². The van der Waals surface area contributed by atoms with Gasteiger partial charge in [-0.05, 0) is 57.8 Å². The first-order valence-electron chi connectivity index (χ1n) is 18.7. The van der Waals surface area contributed by atoms with Crippen molar-refractivity contribution in [3.63, 3.8) is 0 Å². The Bertz CT molecular complexity index is 600. The van der Waals surface area contributed by atoms with E-state index in [1.165, 1.54) is 122 Å². The average molecular weight is 593 g/mol. The van der Waals surface area contributed by atoms with E-state index >= 15 is 0 Å². The fourth-order valence-electron chi connectivity index (χ4n) is 5.72. The van der Waals surface area contributed by atoms with E-state index in [0.717, 1.165) is 64.2 Å². The van der Waals surface area contributed by atoms with Crippen LogP contribution in [-0.2, 0) is 14.3 Å². The third-order valence-corrected chi connectivity index (χ3v) is 8.47. The van der Waals surface area contributed by atoms with Crippen LogP contribution in [0.5, 0.6) is 0 Å². The number of carbonyl (C=O) groups is 2. The van der Waals surface area contributed by atoms with Crippen molar-refractivity contribution >= 4 is 11.9 Å². The molecular weight excluding hydrogens is 520 g/mol. The van der Waals surface area contributed by atoms with Gasteiger partial charge in [0.25, 0.3) is 0 Å². The number of unbranched alkanes of at least 4 members (excludes halogenated alkanes) is 23. The maximum Gasteiger partial charge on any atom is 0.306 e. The molecule has 0 aromatic carbocycles. The zero-order valence-corrected chi connectivity index (χ0v) is 28.3. The van der Waals surface area contributed by atoms with E-state index in [0.29, 0.717) is 6.42 Å². The predicted molar refractivity (Wildman–Crippen MR) is 181 cm³/mol. The number of allylic oxidation sites excluding steroid dienone is 2. The van der Waals surface area contributed by atoms with Crippen LogP contribution in [0.1, 0.15) is 213 Å². The highest BCUT2D eigenvalue weighted by atomic mass is 16.5. The fraction of sp³-hybridized carbons (Fsp3) is 0.895. The topological polar surface area (TPSA) is 63.6 Å². The van der Waals surface area contributed by atoms with E-state index in [1.807, 2.05) is 0 Å². The van der Waals surface area contributed by atoms with Crippen molar-refractivity contribution in [2.75, 3.05) is 0 Å². The lowest BCUT2D eigenvalue weighted by molar-refractivity contribution is -0.150. The van der Waals surface area contributed by atoms with E-state index in [1.54, 1.807) is 0 Å². The maximum atomic E-state index is 12.6. The molecule has 0 rings (SSSR count). The van der Waals surface area contributed by atoms with Gasteiger partial charge < -0.3 is 9.84 Å². The summed E-state index contributed by atoms with van der Waals surface area (Å²) in [5, 5.41) is 8.80. The molecular formula is C38H72O4. The van der Waals surface area contributed by atoms with Crippen molar-refractivity contribution in [1.29, 1.82) is 0 Å². The zero-order chi connectivity index (χ0) is 30.8. The zero-order valence-electron chi connectivity index (χ0n) is 28.3. The van der Waals surface area contributed by atoms with Gasteiger partial charge in [-0.3, -0.25) is 9.59 Å². The highest BCUT2D eigenvalue weighted by molar-refractivity contribution is 5.69. The summed E-state index contributed by atoms with van der Waals surface area (Å²) in [6.45, 7) is 4.50. The smallest absolute Gasteiger partial charge is 0.306 e. The van der Waals surface area contributed by atoms with E-state index in [9.17, 15) is 9.59 Å². The van der Waals surface area contributed by atoms with Crippen molar-refractivity contribution in [3.8, 4) is 0 Å². The molecule has 0 saturated heterocycles. The van der Waals surface area contributed by atoms with Gasteiger partial charge in [-0.1, -0.05) is 154 Å². The Morgan fingerprint density at radius 1 is 0.500 bits per heavy atom. The molecule has 0 heterocycles. The number of carboxylic acid groups (broad SMARTS) is 1. The van der Waals surface area contributed by atoms with Crippen LogP contribution in [0.2, 0.25) is 0 Å². The quantitative estimate of drug-likeness (QED) is 0.0458. The molecule has 0 bridgehead atoms. The van der Waals surface area contributed by atoms with E-state index in [2.05, 4.69) is 26.0 Å². The van der Waals surface area contributed by atoms with Crippen LogP contribution in [0.4, 0.5) is 0 Å². The number of carboxylic acids is 1. The number of rotatable bonds is 34. The van der Waals surface area contributed by atoms with E-state index in [-0.39, 0.29) is 18.5 Å². The summed E-state index contributed by atoms with van der Waals surface area (Å²) in [5.74, 6) is -0.705. The molecule has 1 unspecified atom stereocenters. The molecule has 0 aliphatic rings. The normalized spacial score (nSPS) is 12.2. The van der Waals surface area contributed by atoms with Gasteiger partial charge in [-0.2, -0.15) is 0 Å². The van der Waals surface area contributed by atoms with E-state index < -0.39 is 5.97 Å². The standard InChI is InChI=1S/C38H72O4/c1-3-5-7-9-11-13-15-16-17-18-19-21-24-28-32-36(33-29-25-23-26-30-34-37(39)40)42-38(41)35-31-27-22-20-14-12-10-8-6-4-2/h8,10,36H,3-7,9,11-35H2,1-2H3,(H,39,40)/b10-8-. The largest absolute Gasteiger partial charge is 0.481 e. The minimum atomic E-state index is -0.699. The first-order chi connectivity index (χ1) is 20.6. The lowest BCUT2D eigenvalue weighted by atomic mass is 10.0. The number of ether oxygens (including phenoxy) is 1. The van der Waals surface area contributed by atoms with Gasteiger partial charge in [0.05, 0.1) is 0 Å². The summed E-state index contributed by atoms with van der Waals surface area (Å²) in [5.41, 5.74) is 0. The Morgan fingerprint density at radius 3 is 1.38 bits per heavy atom. The molecule has 0 aliphatic carbocycles. The predicted octanol–water partition coefficient (Wildman–Crippen LogP) is 12.7. The summed E-state index contributed by atoms with van der Waals surface area (Å²) in [4.78, 5) is 23.3. The Kier molecular flexibility index (Phi) is 33.1. The van der Waals surface area contributed by atoms with Gasteiger partial charge in [0.15, 0.2) is 0 Å². The van der Waals surface area contributed by atoms with Crippen molar-refractivity contribution in [2.24, 2.45) is 0 Å². The summed E-state index contributed by atoms with van der Waals surface area (Å²) in [6.07, 6.45) is 40.8. The first kappa shape index (κ1) is 40.7. The van der Waals surface area contributed by atoms with Crippen LogP contribution in [0.25, 0.3) is 0 Å². The minimum absolute atomic E-state index is 0.00526. The Balaban J connectivity index is 4.03. The molecule has 0 aliphatic heterocycles. The second-order valence-corrected chi connectivity index (χ2v) is 12.8. The monoisotopic (exact) mass is 593 g/mol. The van der Waals surface area contributed by atoms with Gasteiger partial charge >= 0.3 is 11.9 Å². The number of aliphatic carboxylic acids is 1. The summed E-state index contributed by atoms with van der Waals surface area (Å²) >= 11 is 0. The number of hydrogen-bond donors (Lipinski definition) is 1. The van der Waals surface area contributed by atoms with Crippen molar-refractivity contribution in [3.05, 3.63) is 12.2 Å². The Hall–Kier alpha value is -1.32. The SMILES string of the molecule is CCC/C=C\CCCCCCCC(=O)OC(CCCCCCCCCCCCCCCC)CCCCCCCC(=O)O. The van der Waals surface area contributed by atoms with Gasteiger partial charge in [0, 0.05) is 12.8 Å². The number of carbonyl (C=O) groups excluding carboxylic acids is 1. The van der Waals surface area contributed by atoms with Gasteiger partial charge in [-0.15, -0.1) is 0 Å². The molecule has 0 radical (unpaired) electrons. The third kappa shape index (κ3) is 33.2. The van der Waals surface area contributed by atoms with Crippen LogP contribution in [0.15, 0.2) is 12.2 Å². The van der Waals surface area contributed by atoms with Gasteiger partial charge in [-0.25, -0.2) is 0 Å². The van der Waals surface area contributed by atoms with Gasteiger partial charge in [0.1, 0.15) is 6.10 Å². The van der Waals surface area contributed by atoms with Crippen LogP contribution in [-0.4, -0.2) is 23.1 Å². The van der Waals surface area contributed by atoms with Crippen molar-refractivity contribution in [1.82, 2.24) is 0 Å². The Labute approximate surface area is 262 Å². The lowest BCUT2D eigenvalue weighted by Gasteiger charge is -2.18. The fourth-order valence-corrected chi connectivity index (χ4v) is 5.72. The molecule has 4 heteroatoms. The number of hydrogen-bond acceptors (Lipinski definition) is 3. The van der Waals surface area contributed by atoms with Crippen LogP contribution < -0.4 is 0 Å². The van der Waals surface area contributed by atoms with E-state index in [4.69, 9.17) is 9.84 Å². The Morgan fingerprint density at radius 2 is 0.905 bits per heavy atom. The highest BCUT2D eigenvalue weighted by Gasteiger charge is 2.14. The molecule has 248 valence electrons. The minimum Gasteiger partial charge on any atom is -0.481 e. The van der Waals surface area contributed by atoms with Crippen molar-refractivity contribution < 1.29 is 19.4 Å². The molecule has 0 spiro atoms. The molecule has 42 heavy (non-hydrogen) atoms. The molecule has 1 N–H and O–H groups in total. The molecule has 0 aromatic rings. The molecule has 0 saturated carbocycles. The molecule has 4 nitrogen and oxygen atoms in total. The second kappa shape index (κ2) is 34.2. The summed E-state index contributed by atoms with van der Waals surface area (Å²) in [6, 6.07) is 0. The highest BCUT2D eigenvalue weighted by Crippen LogP contribution is 2.19. The van der Waals surface area contributed by atoms with Gasteiger partial charge in [0.2, 0.25) is 0 Å². The number of esters is 1. The molecule has 1 atom stereocenters. The maximum absolute atomic E-state index is 12.6. The third-order valence-electron chi connectivity index (χ3n) is 8.47. The summed E-state index contributed by atoms with van der Waals surface area (Å²) in [7, 11) is 0. The average Bonchev–Trinajstić information content (AvgIpc) is 2.97. The molecule has 0 fully saturated rings. The van der Waals surface area contributed by atoms with Crippen LogP contribution in [0.3, 0.4) is 0 Å². The second-order valence-electron chi connectivity index (χ2n) is 12.8. The first-order valence-corrected chi connectivity index (χ1v) is 18.7. The molecule has 0 amide bonds. The lowest BCUT2D eigenvalue weighted by Crippen LogP contribution is -2.18. The summed E-state index contributed by atoms with van der Waals surface area (Å²) < 4.78 is 5.98.